The summed E-state index contributed by atoms with van der Waals surface area (Å²) in [5.74, 6) is 1.58. The van der Waals surface area contributed by atoms with Crippen LogP contribution in [0.3, 0.4) is 0 Å². The van der Waals surface area contributed by atoms with Crippen molar-refractivity contribution in [2.24, 2.45) is 11.8 Å². The van der Waals surface area contributed by atoms with Crippen LogP contribution in [0.1, 0.15) is 65.9 Å². The van der Waals surface area contributed by atoms with Gasteiger partial charge >= 0.3 is 0 Å². The van der Waals surface area contributed by atoms with E-state index >= 15 is 0 Å². The average molecular weight is 519 g/mol. The Morgan fingerprint density at radius 3 is 2.78 bits per heavy atom. The van der Waals surface area contributed by atoms with E-state index in [9.17, 15) is 4.79 Å². The quantitative estimate of drug-likeness (QED) is 0.354. The zero-order chi connectivity index (χ0) is 25.2. The van der Waals surface area contributed by atoms with Gasteiger partial charge in [0.2, 0.25) is 0 Å². The summed E-state index contributed by atoms with van der Waals surface area (Å²) in [6.45, 7) is 5.34. The maximum absolute atomic E-state index is 13.1. The largest absolute Gasteiger partial charge is 0.380 e. The van der Waals surface area contributed by atoms with E-state index in [1.54, 1.807) is 6.20 Å². The van der Waals surface area contributed by atoms with Crippen molar-refractivity contribution in [3.8, 4) is 0 Å². The maximum Gasteiger partial charge on any atom is 0.185 e. The molecular formula is C30H38N4O2S. The molecule has 6 nitrogen and oxygen atoms in total. The molecule has 1 saturated heterocycles. The van der Waals surface area contributed by atoms with E-state index in [1.165, 1.54) is 54.4 Å². The van der Waals surface area contributed by atoms with Crippen molar-refractivity contribution in [2.75, 3.05) is 38.2 Å². The van der Waals surface area contributed by atoms with Gasteiger partial charge in [0.05, 0.1) is 17.3 Å². The number of ketones is 1. The van der Waals surface area contributed by atoms with Crippen molar-refractivity contribution >= 4 is 33.2 Å². The number of hydrogen-bond acceptors (Lipinski definition) is 7. The highest BCUT2D eigenvalue weighted by atomic mass is 32.1. The summed E-state index contributed by atoms with van der Waals surface area (Å²) in [5, 5.41) is 2.18. The number of anilines is 1. The van der Waals surface area contributed by atoms with Gasteiger partial charge in [-0.3, -0.25) is 14.7 Å². The molecule has 2 fully saturated rings. The van der Waals surface area contributed by atoms with Crippen LogP contribution < -0.4 is 4.90 Å². The smallest absolute Gasteiger partial charge is 0.185 e. The second kappa shape index (κ2) is 11.2. The molecule has 37 heavy (non-hydrogen) atoms. The molecule has 2 aliphatic heterocycles. The number of benzene rings is 1. The van der Waals surface area contributed by atoms with Crippen LogP contribution in [0.25, 0.3) is 10.9 Å². The summed E-state index contributed by atoms with van der Waals surface area (Å²) in [6.07, 6.45) is 11.2. The van der Waals surface area contributed by atoms with Crippen molar-refractivity contribution < 1.29 is 9.53 Å². The number of carbonyl (C=O) groups excluding carboxylic acids is 1. The van der Waals surface area contributed by atoms with Crippen LogP contribution in [0.2, 0.25) is 0 Å². The fourth-order valence-electron chi connectivity index (χ4n) is 6.47. The van der Waals surface area contributed by atoms with Gasteiger partial charge in [-0.2, -0.15) is 0 Å². The molecule has 1 aromatic carbocycles. The molecule has 3 aromatic rings. The SMILES string of the molecule is COC1CCN(c2nc3c(s2)CCN(CCC2CCC(CC(=O)c4cccc5ncccc45)CC2)C3)C1. The molecule has 6 rings (SSSR count). The second-order valence-corrected chi connectivity index (χ2v) is 12.2. The molecule has 7 heteroatoms. The molecule has 196 valence electrons. The molecule has 1 aliphatic carbocycles. The molecule has 1 atom stereocenters. The van der Waals surface area contributed by atoms with Crippen LogP contribution in [0.5, 0.6) is 0 Å². The number of fused-ring (bicyclic) bond motifs is 2. The van der Waals surface area contributed by atoms with Crippen LogP contribution >= 0.6 is 11.3 Å². The number of hydrogen-bond donors (Lipinski definition) is 0. The Kier molecular flexibility index (Phi) is 7.54. The molecule has 0 bridgehead atoms. The Labute approximate surface area is 224 Å². The molecule has 3 aliphatic rings. The minimum atomic E-state index is 0.278. The van der Waals surface area contributed by atoms with E-state index in [-0.39, 0.29) is 5.78 Å². The minimum absolute atomic E-state index is 0.278. The normalized spacial score (nSPS) is 24.5. The third kappa shape index (κ3) is 5.59. The summed E-state index contributed by atoms with van der Waals surface area (Å²) in [4.78, 5) is 29.1. The number of rotatable bonds is 8. The lowest BCUT2D eigenvalue weighted by Crippen LogP contribution is -2.32. The van der Waals surface area contributed by atoms with E-state index in [4.69, 9.17) is 9.72 Å². The number of Topliss-reactive ketones (excluding diaryl/α,β-unsaturated/α-hetero) is 1. The van der Waals surface area contributed by atoms with Gasteiger partial charge in [0.1, 0.15) is 0 Å². The zero-order valence-corrected chi connectivity index (χ0v) is 22.7. The zero-order valence-electron chi connectivity index (χ0n) is 21.9. The number of methoxy groups -OCH3 is 1. The molecule has 2 aromatic heterocycles. The predicted octanol–water partition coefficient (Wildman–Crippen LogP) is 5.74. The number of thiazole rings is 1. The monoisotopic (exact) mass is 518 g/mol. The fourth-order valence-corrected chi connectivity index (χ4v) is 7.56. The fraction of sp³-hybridized carbons (Fsp3) is 0.567. The van der Waals surface area contributed by atoms with Crippen molar-refractivity contribution in [3.63, 3.8) is 0 Å². The van der Waals surface area contributed by atoms with Crippen molar-refractivity contribution in [1.29, 1.82) is 0 Å². The Hall–Kier alpha value is -2.35. The summed E-state index contributed by atoms with van der Waals surface area (Å²) in [6, 6.07) is 9.85. The van der Waals surface area contributed by atoms with E-state index in [0.29, 0.717) is 18.4 Å². The maximum atomic E-state index is 13.1. The third-order valence-electron chi connectivity index (χ3n) is 8.78. The Balaban J connectivity index is 0.959. The molecular weight excluding hydrogens is 480 g/mol. The van der Waals surface area contributed by atoms with Gasteiger partial charge in [-0.15, -0.1) is 11.3 Å². The van der Waals surface area contributed by atoms with Crippen LogP contribution in [0.15, 0.2) is 36.5 Å². The third-order valence-corrected chi connectivity index (χ3v) is 10.0. The average Bonchev–Trinajstić information content (AvgIpc) is 3.59. The number of pyridine rings is 1. The van der Waals surface area contributed by atoms with Gasteiger partial charge in [-0.1, -0.05) is 31.0 Å². The number of carbonyl (C=O) groups is 1. The summed E-state index contributed by atoms with van der Waals surface area (Å²) >= 11 is 1.90. The molecule has 1 saturated carbocycles. The highest BCUT2D eigenvalue weighted by molar-refractivity contribution is 7.15. The van der Waals surface area contributed by atoms with E-state index in [0.717, 1.165) is 61.4 Å². The van der Waals surface area contributed by atoms with E-state index < -0.39 is 0 Å². The van der Waals surface area contributed by atoms with Gasteiger partial charge in [-0.05, 0) is 62.6 Å². The molecule has 1 unspecified atom stereocenters. The number of ether oxygens (including phenoxy) is 1. The van der Waals surface area contributed by atoms with Crippen LogP contribution in [-0.2, 0) is 17.7 Å². The summed E-state index contributed by atoms with van der Waals surface area (Å²) < 4.78 is 5.54. The predicted molar refractivity (Wildman–Crippen MR) is 149 cm³/mol. The van der Waals surface area contributed by atoms with Gasteiger partial charge in [0.25, 0.3) is 0 Å². The molecule has 0 amide bonds. The first-order chi connectivity index (χ1) is 18.2. The number of aromatic nitrogens is 2. The van der Waals surface area contributed by atoms with Gasteiger partial charge in [0, 0.05) is 61.7 Å². The lowest BCUT2D eigenvalue weighted by Gasteiger charge is -2.31. The second-order valence-electron chi connectivity index (χ2n) is 11.2. The molecule has 0 N–H and O–H groups in total. The first-order valence-electron chi connectivity index (χ1n) is 14.0. The minimum Gasteiger partial charge on any atom is -0.380 e. The van der Waals surface area contributed by atoms with Gasteiger partial charge < -0.3 is 9.64 Å². The van der Waals surface area contributed by atoms with Gasteiger partial charge in [0.15, 0.2) is 10.9 Å². The standard InChI is InChI=1S/C30H38N4O2S/c1-36-23-12-17-34(19-23)30-32-27-20-33(16-13-29(27)37-30)15-11-21-7-9-22(10-8-21)18-28(35)25-4-2-6-26-24(25)5-3-14-31-26/h2-6,14,21-23H,7-13,15-20H2,1H3. The van der Waals surface area contributed by atoms with E-state index in [2.05, 4.69) is 14.8 Å². The van der Waals surface area contributed by atoms with E-state index in [1.807, 2.05) is 48.8 Å². The molecule has 0 radical (unpaired) electrons. The lowest BCUT2D eigenvalue weighted by atomic mass is 9.78. The van der Waals surface area contributed by atoms with Crippen LogP contribution in [-0.4, -0.2) is 60.0 Å². The molecule has 4 heterocycles. The first kappa shape index (κ1) is 25.0. The van der Waals surface area contributed by atoms with Gasteiger partial charge in [-0.25, -0.2) is 4.98 Å². The highest BCUT2D eigenvalue weighted by Crippen LogP contribution is 2.36. The first-order valence-corrected chi connectivity index (χ1v) is 14.8. The van der Waals surface area contributed by atoms with Crippen LogP contribution in [0, 0.1) is 11.8 Å². The van der Waals surface area contributed by atoms with Crippen LogP contribution in [0.4, 0.5) is 5.13 Å². The highest BCUT2D eigenvalue weighted by Gasteiger charge is 2.29. The van der Waals surface area contributed by atoms with Crippen molar-refractivity contribution in [1.82, 2.24) is 14.9 Å². The summed E-state index contributed by atoms with van der Waals surface area (Å²) in [7, 11) is 1.81. The lowest BCUT2D eigenvalue weighted by molar-refractivity contribution is 0.0941. The topological polar surface area (TPSA) is 58.6 Å². The Bertz CT molecular complexity index is 1230. The Morgan fingerprint density at radius 1 is 1.08 bits per heavy atom. The summed E-state index contributed by atoms with van der Waals surface area (Å²) in [5.41, 5.74) is 3.05. The molecule has 0 spiro atoms. The van der Waals surface area contributed by atoms with Crippen molar-refractivity contribution in [2.45, 2.75) is 64.0 Å². The number of nitrogens with zero attached hydrogens (tertiary/aromatic N) is 4. The van der Waals surface area contributed by atoms with Crippen molar-refractivity contribution in [3.05, 3.63) is 52.7 Å². The Morgan fingerprint density at radius 2 is 1.95 bits per heavy atom.